The number of carbonyl (C=O) groups is 1. The minimum Gasteiger partial charge on any atom is -0.497 e. The second kappa shape index (κ2) is 7.31. The molecule has 0 unspecified atom stereocenters. The summed E-state index contributed by atoms with van der Waals surface area (Å²) >= 11 is 0. The van der Waals surface area contributed by atoms with Gasteiger partial charge in [0.15, 0.2) is 5.76 Å². The molecule has 148 valence electrons. The number of nitrogens with zero attached hydrogens (tertiary/aromatic N) is 3. The molecule has 0 saturated carbocycles. The highest BCUT2D eigenvalue weighted by atomic mass is 16.5. The van der Waals surface area contributed by atoms with Crippen LogP contribution in [0.25, 0.3) is 11.0 Å². The number of aryl methyl sites for hydroxylation is 2. The fourth-order valence-electron chi connectivity index (χ4n) is 3.97. The zero-order chi connectivity index (χ0) is 19.8. The summed E-state index contributed by atoms with van der Waals surface area (Å²) in [5, 5.41) is 11.5. The summed E-state index contributed by atoms with van der Waals surface area (Å²) in [4.78, 5) is 19.1. The first kappa shape index (κ1) is 18.6. The fourth-order valence-corrected chi connectivity index (χ4v) is 3.97. The molecule has 4 rings (SSSR count). The maximum atomic E-state index is 13.0. The van der Waals surface area contributed by atoms with Crippen molar-refractivity contribution in [1.29, 1.82) is 0 Å². The van der Waals surface area contributed by atoms with Crippen LogP contribution in [-0.4, -0.2) is 45.7 Å². The van der Waals surface area contributed by atoms with Gasteiger partial charge in [0.05, 0.1) is 7.11 Å². The Morgan fingerprint density at radius 1 is 1.36 bits per heavy atom. The molecule has 3 heterocycles. The molecule has 1 saturated heterocycles. The topological polar surface area (TPSA) is 80.7 Å². The summed E-state index contributed by atoms with van der Waals surface area (Å²) in [6.07, 6.45) is 4.37. The number of amides is 1. The number of methoxy groups -OCH3 is 1. The van der Waals surface area contributed by atoms with E-state index in [-0.39, 0.29) is 11.8 Å². The van der Waals surface area contributed by atoms with Crippen molar-refractivity contribution in [3.05, 3.63) is 47.7 Å². The molecule has 1 amide bonds. The van der Waals surface area contributed by atoms with E-state index in [1.807, 2.05) is 41.8 Å². The molecule has 0 aliphatic carbocycles. The van der Waals surface area contributed by atoms with Gasteiger partial charge in [0.1, 0.15) is 23.3 Å². The highest BCUT2D eigenvalue weighted by molar-refractivity contribution is 5.99. The molecule has 1 fully saturated rings. The number of aliphatic hydroxyl groups excluding tert-OH is 1. The molecular weight excluding hydrogens is 358 g/mol. The summed E-state index contributed by atoms with van der Waals surface area (Å²) in [7, 11) is 3.48. The van der Waals surface area contributed by atoms with Crippen LogP contribution in [0.15, 0.2) is 35.0 Å². The van der Waals surface area contributed by atoms with Gasteiger partial charge in [-0.2, -0.15) is 0 Å². The quantitative estimate of drug-likeness (QED) is 0.749. The monoisotopic (exact) mass is 383 g/mol. The molecule has 7 heteroatoms. The molecular formula is C21H25N3O4. The highest BCUT2D eigenvalue weighted by Crippen LogP contribution is 2.33. The van der Waals surface area contributed by atoms with E-state index in [1.165, 1.54) is 0 Å². The summed E-state index contributed by atoms with van der Waals surface area (Å²) < 4.78 is 12.9. The van der Waals surface area contributed by atoms with Gasteiger partial charge in [0.25, 0.3) is 5.91 Å². The SMILES string of the molecule is COc1ccc2c(C)c(C(=O)N3CCC([C@H](O)c4nccn4C)CC3)oc2c1. The molecule has 3 aromatic rings. The van der Waals surface area contributed by atoms with E-state index < -0.39 is 6.10 Å². The van der Waals surface area contributed by atoms with E-state index in [4.69, 9.17) is 9.15 Å². The molecule has 1 atom stereocenters. The van der Waals surface area contributed by atoms with Crippen LogP contribution >= 0.6 is 0 Å². The minimum atomic E-state index is -0.613. The lowest BCUT2D eigenvalue weighted by molar-refractivity contribution is 0.0403. The molecule has 7 nitrogen and oxygen atoms in total. The van der Waals surface area contributed by atoms with Crippen molar-refractivity contribution in [1.82, 2.24) is 14.5 Å². The van der Waals surface area contributed by atoms with E-state index in [0.29, 0.717) is 36.0 Å². The average molecular weight is 383 g/mol. The number of furan rings is 1. The van der Waals surface area contributed by atoms with Crippen molar-refractivity contribution >= 4 is 16.9 Å². The van der Waals surface area contributed by atoms with Crippen LogP contribution in [0.3, 0.4) is 0 Å². The lowest BCUT2D eigenvalue weighted by Crippen LogP contribution is -2.40. The summed E-state index contributed by atoms with van der Waals surface area (Å²) in [6.45, 7) is 3.08. The van der Waals surface area contributed by atoms with Crippen molar-refractivity contribution in [2.45, 2.75) is 25.9 Å². The Kier molecular flexibility index (Phi) is 4.85. The Labute approximate surface area is 163 Å². The second-order valence-corrected chi connectivity index (χ2v) is 7.39. The van der Waals surface area contributed by atoms with Crippen LogP contribution in [0.5, 0.6) is 5.75 Å². The fraction of sp³-hybridized carbons (Fsp3) is 0.429. The third kappa shape index (κ3) is 3.16. The van der Waals surface area contributed by atoms with Crippen LogP contribution in [0.2, 0.25) is 0 Å². The van der Waals surface area contributed by atoms with Gasteiger partial charge in [0, 0.05) is 49.5 Å². The van der Waals surface area contributed by atoms with Gasteiger partial charge in [-0.25, -0.2) is 4.98 Å². The number of benzene rings is 1. The van der Waals surface area contributed by atoms with Crippen molar-refractivity contribution in [3.8, 4) is 5.75 Å². The first-order valence-electron chi connectivity index (χ1n) is 9.51. The molecule has 0 spiro atoms. The van der Waals surface area contributed by atoms with Crippen molar-refractivity contribution < 1.29 is 19.1 Å². The Hall–Kier alpha value is -2.80. The first-order chi connectivity index (χ1) is 13.5. The number of hydrogen-bond donors (Lipinski definition) is 1. The first-order valence-corrected chi connectivity index (χ1v) is 9.51. The van der Waals surface area contributed by atoms with E-state index >= 15 is 0 Å². The van der Waals surface area contributed by atoms with Crippen LogP contribution < -0.4 is 4.74 Å². The van der Waals surface area contributed by atoms with Gasteiger partial charge in [-0.1, -0.05) is 0 Å². The zero-order valence-corrected chi connectivity index (χ0v) is 16.4. The maximum absolute atomic E-state index is 13.0. The number of fused-ring (bicyclic) bond motifs is 1. The van der Waals surface area contributed by atoms with Gasteiger partial charge >= 0.3 is 0 Å². The van der Waals surface area contributed by atoms with Gasteiger partial charge in [-0.3, -0.25) is 4.79 Å². The Balaban J connectivity index is 1.48. The van der Waals surface area contributed by atoms with Gasteiger partial charge in [-0.05, 0) is 37.8 Å². The maximum Gasteiger partial charge on any atom is 0.289 e. The van der Waals surface area contributed by atoms with Gasteiger partial charge in [-0.15, -0.1) is 0 Å². The molecule has 1 aliphatic heterocycles. The molecule has 0 bridgehead atoms. The number of aromatic nitrogens is 2. The predicted octanol–water partition coefficient (Wildman–Crippen LogP) is 3.07. The van der Waals surface area contributed by atoms with Crippen LogP contribution in [0.4, 0.5) is 0 Å². The van der Waals surface area contributed by atoms with E-state index in [1.54, 1.807) is 19.4 Å². The standard InChI is InChI=1S/C21H25N3O4/c1-13-16-5-4-15(27-3)12-17(16)28-19(13)21(26)24-9-6-14(7-10-24)18(25)20-22-8-11-23(20)2/h4-5,8,11-12,14,18,25H,6-7,9-10H2,1-3H3/t18-/m0/s1. The minimum absolute atomic E-state index is 0.0891. The largest absolute Gasteiger partial charge is 0.497 e. The zero-order valence-electron chi connectivity index (χ0n) is 16.4. The lowest BCUT2D eigenvalue weighted by Gasteiger charge is -2.33. The number of aliphatic hydroxyl groups is 1. The van der Waals surface area contributed by atoms with Gasteiger partial charge < -0.3 is 23.7 Å². The van der Waals surface area contributed by atoms with Crippen LogP contribution in [0.1, 0.15) is 40.9 Å². The molecule has 1 N–H and O–H groups in total. The third-order valence-corrected chi connectivity index (χ3v) is 5.74. The van der Waals surface area contributed by atoms with Crippen molar-refractivity contribution in [2.75, 3.05) is 20.2 Å². The van der Waals surface area contributed by atoms with E-state index in [0.717, 1.165) is 23.8 Å². The summed E-state index contributed by atoms with van der Waals surface area (Å²) in [6, 6.07) is 5.58. The highest BCUT2D eigenvalue weighted by Gasteiger charge is 2.32. The molecule has 1 aromatic carbocycles. The van der Waals surface area contributed by atoms with Crippen LogP contribution in [-0.2, 0) is 7.05 Å². The molecule has 2 aromatic heterocycles. The molecule has 0 radical (unpaired) electrons. The van der Waals surface area contributed by atoms with E-state index in [9.17, 15) is 9.90 Å². The third-order valence-electron chi connectivity index (χ3n) is 5.74. The number of rotatable bonds is 4. The number of piperidine rings is 1. The molecule has 28 heavy (non-hydrogen) atoms. The lowest BCUT2D eigenvalue weighted by atomic mass is 9.90. The summed E-state index contributed by atoms with van der Waals surface area (Å²) in [5.41, 5.74) is 1.50. The van der Waals surface area contributed by atoms with Crippen molar-refractivity contribution in [3.63, 3.8) is 0 Å². The average Bonchev–Trinajstić information content (AvgIpc) is 3.29. The normalized spacial score (nSPS) is 16.5. The number of carbonyl (C=O) groups excluding carboxylic acids is 1. The second-order valence-electron chi connectivity index (χ2n) is 7.39. The number of hydrogen-bond acceptors (Lipinski definition) is 5. The number of imidazole rings is 1. The van der Waals surface area contributed by atoms with Crippen molar-refractivity contribution in [2.24, 2.45) is 13.0 Å². The smallest absolute Gasteiger partial charge is 0.289 e. The predicted molar refractivity (Wildman–Crippen MR) is 104 cm³/mol. The van der Waals surface area contributed by atoms with Crippen LogP contribution in [0, 0.1) is 12.8 Å². The Bertz CT molecular complexity index is 998. The number of likely N-dealkylation sites (tertiary alicyclic amines) is 1. The molecule has 1 aliphatic rings. The Morgan fingerprint density at radius 2 is 2.11 bits per heavy atom. The van der Waals surface area contributed by atoms with Gasteiger partial charge in [0.2, 0.25) is 0 Å². The van der Waals surface area contributed by atoms with E-state index in [2.05, 4.69) is 4.98 Å². The summed E-state index contributed by atoms with van der Waals surface area (Å²) in [5.74, 6) is 1.74. The number of ether oxygens (including phenoxy) is 1. The Morgan fingerprint density at radius 3 is 2.75 bits per heavy atom.